The van der Waals surface area contributed by atoms with Crippen LogP contribution in [-0.4, -0.2) is 16.7 Å². The zero-order valence-corrected chi connectivity index (χ0v) is 17.0. The maximum atomic E-state index is 14.5. The van der Waals surface area contributed by atoms with Gasteiger partial charge in [-0.25, -0.2) is 4.39 Å². The highest BCUT2D eigenvalue weighted by molar-refractivity contribution is 6.30. The summed E-state index contributed by atoms with van der Waals surface area (Å²) in [5.41, 5.74) is 3.07. The van der Waals surface area contributed by atoms with Gasteiger partial charge in [0.2, 0.25) is 0 Å². The third-order valence-electron chi connectivity index (χ3n) is 4.83. The predicted octanol–water partition coefficient (Wildman–Crippen LogP) is 5.35. The number of carboxylic acids is 1. The van der Waals surface area contributed by atoms with Crippen molar-refractivity contribution in [3.05, 3.63) is 57.4 Å². The standard InChI is InChI=1S/C22H24ClFO4/c1-4-13-10-19(18(24)9-14(13)5-6-20(25)26)27-12-16-8-17(23)7-15-11-22(2,3)28-21(15)16/h7-10H,4-6,11-12H2,1-3H3,(H,25,26). The Morgan fingerprint density at radius 3 is 2.68 bits per heavy atom. The number of rotatable bonds is 7. The van der Waals surface area contributed by atoms with Crippen LogP contribution in [0.5, 0.6) is 11.5 Å². The number of hydrogen-bond donors (Lipinski definition) is 1. The Kier molecular flexibility index (Phi) is 5.84. The summed E-state index contributed by atoms with van der Waals surface area (Å²) in [5, 5.41) is 9.46. The summed E-state index contributed by atoms with van der Waals surface area (Å²) in [4.78, 5) is 10.8. The summed E-state index contributed by atoms with van der Waals surface area (Å²) >= 11 is 6.23. The molecular formula is C22H24ClFO4. The third-order valence-corrected chi connectivity index (χ3v) is 5.05. The van der Waals surface area contributed by atoms with Crippen molar-refractivity contribution >= 4 is 17.6 Å². The van der Waals surface area contributed by atoms with Crippen molar-refractivity contribution in [3.8, 4) is 11.5 Å². The fourth-order valence-corrected chi connectivity index (χ4v) is 3.82. The number of ether oxygens (including phenoxy) is 2. The molecule has 0 atom stereocenters. The third kappa shape index (κ3) is 4.58. The second-order valence-electron chi connectivity index (χ2n) is 7.68. The first kappa shape index (κ1) is 20.5. The summed E-state index contributed by atoms with van der Waals surface area (Å²) in [6.45, 7) is 6.09. The van der Waals surface area contributed by atoms with Crippen LogP contribution in [0.3, 0.4) is 0 Å². The molecule has 0 aromatic heterocycles. The van der Waals surface area contributed by atoms with Crippen molar-refractivity contribution in [1.82, 2.24) is 0 Å². The number of aryl methyl sites for hydroxylation is 2. The summed E-state index contributed by atoms with van der Waals surface area (Å²) in [6.07, 6.45) is 1.67. The monoisotopic (exact) mass is 406 g/mol. The number of benzene rings is 2. The molecule has 2 aromatic rings. The molecule has 1 aliphatic rings. The highest BCUT2D eigenvalue weighted by atomic mass is 35.5. The molecule has 0 saturated heterocycles. The van der Waals surface area contributed by atoms with E-state index in [0.717, 1.165) is 28.9 Å². The Morgan fingerprint density at radius 1 is 1.25 bits per heavy atom. The van der Waals surface area contributed by atoms with Crippen molar-refractivity contribution in [2.45, 2.75) is 58.7 Å². The predicted molar refractivity (Wildman–Crippen MR) is 106 cm³/mol. The lowest BCUT2D eigenvalue weighted by Crippen LogP contribution is -2.25. The Bertz CT molecular complexity index is 908. The van der Waals surface area contributed by atoms with Gasteiger partial charge < -0.3 is 14.6 Å². The van der Waals surface area contributed by atoms with E-state index in [-0.39, 0.29) is 24.4 Å². The number of halogens is 2. The first-order chi connectivity index (χ1) is 13.2. The van der Waals surface area contributed by atoms with Crippen LogP contribution in [0.15, 0.2) is 24.3 Å². The average molecular weight is 407 g/mol. The molecular weight excluding hydrogens is 383 g/mol. The largest absolute Gasteiger partial charge is 0.487 e. The Balaban J connectivity index is 1.81. The molecule has 150 valence electrons. The lowest BCUT2D eigenvalue weighted by molar-refractivity contribution is -0.136. The summed E-state index contributed by atoms with van der Waals surface area (Å²) in [7, 11) is 0. The lowest BCUT2D eigenvalue weighted by atomic mass is 10.00. The van der Waals surface area contributed by atoms with Gasteiger partial charge in [0.1, 0.15) is 18.0 Å². The first-order valence-electron chi connectivity index (χ1n) is 9.34. The van der Waals surface area contributed by atoms with Crippen molar-refractivity contribution in [2.24, 2.45) is 0 Å². The zero-order valence-electron chi connectivity index (χ0n) is 16.3. The van der Waals surface area contributed by atoms with Gasteiger partial charge in [-0.1, -0.05) is 18.5 Å². The minimum absolute atomic E-state index is 0.0333. The van der Waals surface area contributed by atoms with Crippen LogP contribution in [0, 0.1) is 5.82 Å². The van der Waals surface area contributed by atoms with E-state index in [4.69, 9.17) is 26.2 Å². The normalized spacial score (nSPS) is 14.5. The van der Waals surface area contributed by atoms with Gasteiger partial charge in [0, 0.05) is 23.4 Å². The van der Waals surface area contributed by atoms with Crippen LogP contribution in [0.1, 0.15) is 49.4 Å². The van der Waals surface area contributed by atoms with Crippen molar-refractivity contribution in [1.29, 1.82) is 0 Å². The van der Waals surface area contributed by atoms with Gasteiger partial charge in [-0.05, 0) is 67.6 Å². The van der Waals surface area contributed by atoms with Gasteiger partial charge in [-0.2, -0.15) is 0 Å². The summed E-state index contributed by atoms with van der Waals surface area (Å²) in [6, 6.07) is 6.70. The maximum Gasteiger partial charge on any atom is 0.303 e. The molecule has 4 nitrogen and oxygen atoms in total. The van der Waals surface area contributed by atoms with E-state index >= 15 is 0 Å². The minimum atomic E-state index is -0.902. The number of carboxylic acid groups (broad SMARTS) is 1. The molecule has 3 rings (SSSR count). The molecule has 0 radical (unpaired) electrons. The fraction of sp³-hybridized carbons (Fsp3) is 0.409. The molecule has 2 aromatic carbocycles. The molecule has 0 saturated carbocycles. The van der Waals surface area contributed by atoms with Gasteiger partial charge in [0.05, 0.1) is 0 Å². The molecule has 1 aliphatic heterocycles. The number of hydrogen-bond acceptors (Lipinski definition) is 3. The highest BCUT2D eigenvalue weighted by Crippen LogP contribution is 2.40. The quantitative estimate of drug-likeness (QED) is 0.673. The summed E-state index contributed by atoms with van der Waals surface area (Å²) < 4.78 is 26.3. The van der Waals surface area contributed by atoms with Gasteiger partial charge in [-0.3, -0.25) is 4.79 Å². The molecule has 0 spiro atoms. The lowest BCUT2D eigenvalue weighted by Gasteiger charge is -2.18. The van der Waals surface area contributed by atoms with Crippen LogP contribution in [-0.2, 0) is 30.7 Å². The number of carbonyl (C=O) groups is 1. The Hall–Kier alpha value is -2.27. The van der Waals surface area contributed by atoms with Crippen molar-refractivity contribution in [2.75, 3.05) is 0 Å². The summed E-state index contributed by atoms with van der Waals surface area (Å²) in [5.74, 6) is -0.511. The van der Waals surface area contributed by atoms with Crippen LogP contribution in [0.2, 0.25) is 5.02 Å². The maximum absolute atomic E-state index is 14.5. The van der Waals surface area contributed by atoms with Gasteiger partial charge >= 0.3 is 5.97 Å². The van der Waals surface area contributed by atoms with Crippen LogP contribution in [0.4, 0.5) is 4.39 Å². The van der Waals surface area contributed by atoms with Gasteiger partial charge in [0.15, 0.2) is 11.6 Å². The molecule has 0 aliphatic carbocycles. The molecule has 1 heterocycles. The molecule has 0 unspecified atom stereocenters. The second kappa shape index (κ2) is 8.00. The molecule has 0 bridgehead atoms. The highest BCUT2D eigenvalue weighted by Gasteiger charge is 2.32. The fourth-order valence-electron chi connectivity index (χ4n) is 3.56. The zero-order chi connectivity index (χ0) is 20.5. The Labute approximate surface area is 169 Å². The first-order valence-corrected chi connectivity index (χ1v) is 9.72. The van der Waals surface area contributed by atoms with E-state index in [2.05, 4.69) is 0 Å². The minimum Gasteiger partial charge on any atom is -0.487 e. The average Bonchev–Trinajstić information content (AvgIpc) is 2.92. The van der Waals surface area contributed by atoms with E-state index < -0.39 is 11.8 Å². The topological polar surface area (TPSA) is 55.8 Å². The SMILES string of the molecule is CCc1cc(OCc2cc(Cl)cc3c2OC(C)(C)C3)c(F)cc1CCC(=O)O. The van der Waals surface area contributed by atoms with E-state index in [0.29, 0.717) is 23.4 Å². The smallest absolute Gasteiger partial charge is 0.303 e. The molecule has 1 N–H and O–H groups in total. The van der Waals surface area contributed by atoms with Gasteiger partial charge in [-0.15, -0.1) is 0 Å². The van der Waals surface area contributed by atoms with E-state index in [9.17, 15) is 9.18 Å². The van der Waals surface area contributed by atoms with E-state index in [1.165, 1.54) is 6.07 Å². The van der Waals surface area contributed by atoms with Crippen LogP contribution in [0.25, 0.3) is 0 Å². The van der Waals surface area contributed by atoms with E-state index in [1.807, 2.05) is 26.8 Å². The number of fused-ring (bicyclic) bond motifs is 1. The van der Waals surface area contributed by atoms with Crippen molar-refractivity contribution in [3.63, 3.8) is 0 Å². The second-order valence-corrected chi connectivity index (χ2v) is 8.12. The van der Waals surface area contributed by atoms with E-state index in [1.54, 1.807) is 12.1 Å². The van der Waals surface area contributed by atoms with Crippen LogP contribution >= 0.6 is 11.6 Å². The molecule has 0 amide bonds. The van der Waals surface area contributed by atoms with Crippen molar-refractivity contribution < 1.29 is 23.8 Å². The molecule has 6 heteroatoms. The number of aliphatic carboxylic acids is 1. The Morgan fingerprint density at radius 2 is 2.00 bits per heavy atom. The molecule has 28 heavy (non-hydrogen) atoms. The molecule has 0 fully saturated rings. The van der Waals surface area contributed by atoms with Gasteiger partial charge in [0.25, 0.3) is 0 Å². The van der Waals surface area contributed by atoms with Crippen LogP contribution < -0.4 is 9.47 Å².